The summed E-state index contributed by atoms with van der Waals surface area (Å²) in [7, 11) is 0. The Bertz CT molecular complexity index is 1510. The van der Waals surface area contributed by atoms with Gasteiger partial charge in [0.1, 0.15) is 0 Å². The van der Waals surface area contributed by atoms with Crippen molar-refractivity contribution in [2.75, 3.05) is 5.32 Å². The van der Waals surface area contributed by atoms with E-state index in [-0.39, 0.29) is 16.4 Å². The molecule has 1 aromatic carbocycles. The third-order valence-corrected chi connectivity index (χ3v) is 5.24. The number of amides is 1. The summed E-state index contributed by atoms with van der Waals surface area (Å²) in [5, 5.41) is 11.6. The van der Waals surface area contributed by atoms with Gasteiger partial charge in [-0.3, -0.25) is 9.78 Å². The second-order valence-electron chi connectivity index (χ2n) is 7.13. The van der Waals surface area contributed by atoms with Crippen molar-refractivity contribution >= 4 is 34.0 Å². The molecule has 0 unspecified atom stereocenters. The molecule has 0 radical (unpaired) electrons. The summed E-state index contributed by atoms with van der Waals surface area (Å²) >= 11 is 6.22. The van der Waals surface area contributed by atoms with Gasteiger partial charge in [0.2, 0.25) is 0 Å². The minimum Gasteiger partial charge on any atom is -0.320 e. The molecule has 4 aromatic heterocycles. The van der Waals surface area contributed by atoms with Crippen LogP contribution in [0.1, 0.15) is 29.9 Å². The quantitative estimate of drug-likeness (QED) is 0.320. The molecule has 0 aliphatic heterocycles. The van der Waals surface area contributed by atoms with Crippen molar-refractivity contribution in [2.45, 2.75) is 20.0 Å². The van der Waals surface area contributed by atoms with Crippen LogP contribution in [0, 0.1) is 0 Å². The molecule has 8 nitrogen and oxygen atoms in total. The van der Waals surface area contributed by atoms with E-state index < -0.39 is 23.3 Å². The van der Waals surface area contributed by atoms with E-state index in [2.05, 4.69) is 25.5 Å². The Hall–Kier alpha value is -4.25. The van der Waals surface area contributed by atoms with Crippen molar-refractivity contribution in [1.29, 1.82) is 0 Å². The number of nitrogens with one attached hydrogen (secondary N) is 1. The first-order chi connectivity index (χ1) is 17.3. The predicted molar refractivity (Wildman–Crippen MR) is 130 cm³/mol. The summed E-state index contributed by atoms with van der Waals surface area (Å²) in [4.78, 5) is 21.0. The van der Waals surface area contributed by atoms with E-state index in [1.165, 1.54) is 35.5 Å². The third kappa shape index (κ3) is 4.78. The average molecular weight is 514 g/mol. The lowest BCUT2D eigenvalue weighted by molar-refractivity contribution is -0.143. The molecule has 5 rings (SSSR count). The van der Waals surface area contributed by atoms with Gasteiger partial charge in [-0.15, -0.1) is 0 Å². The molecule has 0 spiro atoms. The van der Waals surface area contributed by atoms with Gasteiger partial charge in [-0.2, -0.15) is 23.4 Å². The molecular weight excluding hydrogens is 495 g/mol. The molecule has 4 heterocycles. The number of pyridine rings is 2. The van der Waals surface area contributed by atoms with E-state index in [1.54, 1.807) is 36.5 Å². The SMILES string of the molecule is CC.O=C(Nc1cnc(-n2cccn2)c(Cl)c1)c1cnn(-c2cncc3ccccc23)c1C(F)(F)F. The van der Waals surface area contributed by atoms with Gasteiger partial charge in [-0.25, -0.2) is 14.3 Å². The summed E-state index contributed by atoms with van der Waals surface area (Å²) < 4.78 is 44.4. The predicted octanol–water partition coefficient (Wildman–Crippen LogP) is 5.95. The van der Waals surface area contributed by atoms with Crippen molar-refractivity contribution < 1.29 is 18.0 Å². The lowest BCUT2D eigenvalue weighted by Crippen LogP contribution is -2.21. The highest BCUT2D eigenvalue weighted by Crippen LogP contribution is 2.35. The number of rotatable bonds is 4. The molecule has 0 saturated carbocycles. The average Bonchev–Trinajstić information content (AvgIpc) is 3.55. The van der Waals surface area contributed by atoms with Crippen molar-refractivity contribution in [3.63, 3.8) is 0 Å². The second kappa shape index (κ2) is 10.2. The van der Waals surface area contributed by atoms with Gasteiger partial charge in [0, 0.05) is 29.4 Å². The topological polar surface area (TPSA) is 90.5 Å². The summed E-state index contributed by atoms with van der Waals surface area (Å²) in [5.74, 6) is -0.714. The number of aromatic nitrogens is 6. The van der Waals surface area contributed by atoms with Crippen molar-refractivity contribution in [2.24, 2.45) is 0 Å². The molecular formula is C24H19ClF3N7O. The number of halogens is 4. The summed E-state index contributed by atoms with van der Waals surface area (Å²) in [6.07, 6.45) is 3.23. The molecule has 0 saturated heterocycles. The normalized spacial score (nSPS) is 11.2. The van der Waals surface area contributed by atoms with Gasteiger partial charge < -0.3 is 5.32 Å². The van der Waals surface area contributed by atoms with Crippen LogP contribution in [0.2, 0.25) is 5.02 Å². The first-order valence-electron chi connectivity index (χ1n) is 10.8. The molecule has 0 aliphatic carbocycles. The van der Waals surface area contributed by atoms with Crippen molar-refractivity contribution in [3.05, 3.63) is 89.9 Å². The van der Waals surface area contributed by atoms with Crippen LogP contribution in [0.3, 0.4) is 0 Å². The maximum atomic E-state index is 14.1. The Morgan fingerprint density at radius 2 is 1.81 bits per heavy atom. The molecule has 0 fully saturated rings. The molecule has 12 heteroatoms. The zero-order valence-corrected chi connectivity index (χ0v) is 19.8. The van der Waals surface area contributed by atoms with Crippen LogP contribution in [0.4, 0.5) is 18.9 Å². The standard InChI is InChI=1S/C22H13ClF3N7O.C2H6/c23-17-8-14(10-28-20(17)32-7-3-6-29-32)31-21(34)16-11-30-33(19(16)22(24,25)26)18-12-27-9-13-4-1-2-5-15(13)18;1-2/h1-12H,(H,31,34);1-2H3. The fraction of sp³-hybridized carbons (Fsp3) is 0.125. The van der Waals surface area contributed by atoms with Gasteiger partial charge in [0.15, 0.2) is 11.5 Å². The first kappa shape index (κ1) is 24.9. The Morgan fingerprint density at radius 3 is 2.50 bits per heavy atom. The van der Waals surface area contributed by atoms with E-state index in [1.807, 2.05) is 13.8 Å². The maximum Gasteiger partial charge on any atom is 0.434 e. The maximum absolute atomic E-state index is 14.1. The molecule has 1 N–H and O–H groups in total. The van der Waals surface area contributed by atoms with E-state index in [0.717, 1.165) is 6.20 Å². The highest BCUT2D eigenvalue weighted by Gasteiger charge is 2.41. The number of carbonyl (C=O) groups excluding carboxylic acids is 1. The Morgan fingerprint density at radius 1 is 1.03 bits per heavy atom. The Kier molecular flexibility index (Phi) is 7.02. The van der Waals surface area contributed by atoms with Crippen molar-refractivity contribution in [1.82, 2.24) is 29.5 Å². The number of nitrogens with zero attached hydrogens (tertiary/aromatic N) is 6. The summed E-state index contributed by atoms with van der Waals surface area (Å²) in [5.41, 5.74) is -1.68. The van der Waals surface area contributed by atoms with Gasteiger partial charge in [0.05, 0.1) is 40.6 Å². The van der Waals surface area contributed by atoms with Crippen LogP contribution in [0.25, 0.3) is 22.3 Å². The lowest BCUT2D eigenvalue weighted by atomic mass is 10.1. The number of benzene rings is 1. The number of hydrogen-bond donors (Lipinski definition) is 1. The monoisotopic (exact) mass is 513 g/mol. The molecule has 5 aromatic rings. The summed E-state index contributed by atoms with van der Waals surface area (Å²) in [6.45, 7) is 4.00. The smallest absolute Gasteiger partial charge is 0.320 e. The number of fused-ring (bicyclic) bond motifs is 1. The van der Waals surface area contributed by atoms with E-state index in [4.69, 9.17) is 11.6 Å². The number of carbonyl (C=O) groups is 1. The summed E-state index contributed by atoms with van der Waals surface area (Å²) in [6, 6.07) is 9.87. The van der Waals surface area contributed by atoms with E-state index in [0.29, 0.717) is 21.3 Å². The highest BCUT2D eigenvalue weighted by molar-refractivity contribution is 6.32. The van der Waals surface area contributed by atoms with Crippen LogP contribution < -0.4 is 5.32 Å². The van der Waals surface area contributed by atoms with Crippen molar-refractivity contribution in [3.8, 4) is 11.5 Å². The minimum atomic E-state index is -4.88. The van der Waals surface area contributed by atoms with Gasteiger partial charge >= 0.3 is 6.18 Å². The third-order valence-electron chi connectivity index (χ3n) is 4.96. The number of hydrogen-bond acceptors (Lipinski definition) is 5. The molecule has 1 amide bonds. The first-order valence-corrected chi connectivity index (χ1v) is 11.2. The molecule has 0 atom stereocenters. The van der Waals surface area contributed by atoms with Crippen LogP contribution in [0.15, 0.2) is 73.6 Å². The van der Waals surface area contributed by atoms with E-state index in [9.17, 15) is 18.0 Å². The zero-order chi connectivity index (χ0) is 25.9. The van der Waals surface area contributed by atoms with E-state index >= 15 is 0 Å². The molecule has 0 aliphatic rings. The van der Waals surface area contributed by atoms with Gasteiger partial charge in [0.25, 0.3) is 5.91 Å². The van der Waals surface area contributed by atoms with Gasteiger partial charge in [-0.1, -0.05) is 49.7 Å². The minimum absolute atomic E-state index is 0.0951. The largest absolute Gasteiger partial charge is 0.434 e. The molecule has 184 valence electrons. The fourth-order valence-corrected chi connectivity index (χ4v) is 3.75. The number of alkyl halides is 3. The number of anilines is 1. The fourth-order valence-electron chi connectivity index (χ4n) is 3.50. The molecule has 0 bridgehead atoms. The second-order valence-corrected chi connectivity index (χ2v) is 7.54. The Labute approximate surface area is 208 Å². The Balaban J connectivity index is 0.00000148. The lowest BCUT2D eigenvalue weighted by Gasteiger charge is -2.14. The van der Waals surface area contributed by atoms with Crippen LogP contribution in [-0.2, 0) is 6.18 Å². The van der Waals surface area contributed by atoms with Crippen LogP contribution >= 0.6 is 11.6 Å². The van der Waals surface area contributed by atoms with Gasteiger partial charge in [-0.05, 0) is 12.1 Å². The van der Waals surface area contributed by atoms with Crippen LogP contribution in [-0.4, -0.2) is 35.4 Å². The zero-order valence-electron chi connectivity index (χ0n) is 19.0. The van der Waals surface area contributed by atoms with Crippen LogP contribution in [0.5, 0.6) is 0 Å². The molecule has 36 heavy (non-hydrogen) atoms. The highest BCUT2D eigenvalue weighted by atomic mass is 35.5.